The SMILES string of the molecule is CCOC(=O)C(OC(C)(C)C)c1c(C)sc(-n2cccn2)c1C1=CCC(C)(C)CC1.CCOC(=O)C(OC(C)(C)C)c1c(C)sc(Cl)c1C1=CCC(C)(C)CC1.CN[C@@H]1CCCC[C@H]1NC.Cc1sc(-n2cccn2)c(C2=CCC(C)(C)CC2)c1C(OC(C)(C)C)C(=O)O. The number of rotatable bonds is 18. The number of carboxylic acid groups (broad SMARTS) is 1. The van der Waals surface area contributed by atoms with E-state index in [-0.39, 0.29) is 17.4 Å². The molecule has 0 spiro atoms. The number of thiophene rings is 3. The lowest BCUT2D eigenvalue weighted by Gasteiger charge is -2.31. The third-order valence-corrected chi connectivity index (χ3v) is 21.1. The molecule has 0 amide bonds. The quantitative estimate of drug-likeness (QED) is 0.0707. The summed E-state index contributed by atoms with van der Waals surface area (Å²) in [6.45, 7) is 41.5. The Bertz CT molecular complexity index is 3390. The van der Waals surface area contributed by atoms with Crippen LogP contribution in [-0.4, -0.2) is 98.8 Å². The largest absolute Gasteiger partial charge is 0.479 e. The Morgan fingerprint density at radius 1 is 0.574 bits per heavy atom. The standard InChI is InChI=1S/C24H34N2O3S.C22H30N2O3S.C21H31ClO3S.C8H18N2/c1-8-28-22(27)20(29-23(3,4)5)18-16(2)30-21(26-15-9-14-25-26)19(18)17-10-12-24(6,7)13-11-17;1-14-16(18(20(25)26)27-21(2,3)4)17(15-8-10-22(5,6)11-9-15)19(28-14)24-13-7-12-23-24;1-8-24-19(23)17(25-20(3,4)5)15-13(2)26-18(22)16(15)14-9-11-21(6,7)12-10-14;1-9-7-5-3-4-6-8(7)10-2/h9-10,14-15,20H,8,11-13H2,1-7H3;7-8,12-13,18H,9-11H2,1-6H3,(H,25,26);9,17H,8,10-12H2,1-7H3;7-10H,3-6H2,1-2H3/t;;;7-,8-/m...1/s1. The molecule has 19 heteroatoms. The fourth-order valence-electron chi connectivity index (χ4n) is 12.5. The molecule has 3 N–H and O–H groups in total. The van der Waals surface area contributed by atoms with E-state index >= 15 is 0 Å². The summed E-state index contributed by atoms with van der Waals surface area (Å²) in [5.41, 5.74) is 8.65. The topological polar surface area (TPSA) is 177 Å². The molecule has 0 bridgehead atoms. The van der Waals surface area contributed by atoms with Gasteiger partial charge in [0.15, 0.2) is 18.3 Å². The molecule has 4 aliphatic carbocycles. The van der Waals surface area contributed by atoms with Gasteiger partial charge in [0.1, 0.15) is 14.3 Å². The van der Waals surface area contributed by atoms with Gasteiger partial charge in [-0.15, -0.1) is 34.0 Å². The number of carbonyl (C=O) groups excluding carboxylic acids is 2. The van der Waals surface area contributed by atoms with E-state index in [9.17, 15) is 19.5 Å². The second kappa shape index (κ2) is 33.2. The minimum atomic E-state index is -1.01. The number of nitrogens with one attached hydrogen (secondary N) is 2. The van der Waals surface area contributed by atoms with Crippen molar-refractivity contribution >= 4 is 80.2 Å². The molecule has 9 rings (SSSR count). The van der Waals surface area contributed by atoms with Crippen molar-refractivity contribution in [1.82, 2.24) is 30.2 Å². The third kappa shape index (κ3) is 21.6. The molecule has 5 aromatic rings. The Labute approximate surface area is 580 Å². The van der Waals surface area contributed by atoms with Gasteiger partial charge in [-0.3, -0.25) is 0 Å². The Morgan fingerprint density at radius 3 is 1.20 bits per heavy atom. The minimum absolute atomic E-state index is 0.273. The minimum Gasteiger partial charge on any atom is -0.479 e. The summed E-state index contributed by atoms with van der Waals surface area (Å²) in [6, 6.07) is 5.22. The van der Waals surface area contributed by atoms with Gasteiger partial charge in [0.2, 0.25) is 0 Å². The van der Waals surface area contributed by atoms with Gasteiger partial charge in [0.25, 0.3) is 0 Å². The Balaban J connectivity index is 0.000000208. The van der Waals surface area contributed by atoms with Crippen LogP contribution in [-0.2, 0) is 38.1 Å². The fourth-order valence-corrected chi connectivity index (χ4v) is 16.3. The van der Waals surface area contributed by atoms with Crippen LogP contribution in [0, 0.1) is 37.0 Å². The average molecular weight is 1370 g/mol. The Kier molecular flexibility index (Phi) is 27.6. The van der Waals surface area contributed by atoms with Crippen LogP contribution in [0.1, 0.15) is 267 Å². The number of carboxylic acids is 1. The first-order valence-electron chi connectivity index (χ1n) is 33.9. The smallest absolute Gasteiger partial charge is 0.340 e. The van der Waals surface area contributed by atoms with Crippen molar-refractivity contribution < 1.29 is 43.2 Å². The van der Waals surface area contributed by atoms with Gasteiger partial charge in [-0.05, 0) is 227 Å². The predicted molar refractivity (Wildman–Crippen MR) is 389 cm³/mol. The highest BCUT2D eigenvalue weighted by Gasteiger charge is 2.40. The van der Waals surface area contributed by atoms with Crippen LogP contribution in [0.3, 0.4) is 0 Å². The first-order valence-corrected chi connectivity index (χ1v) is 36.7. The van der Waals surface area contributed by atoms with Crippen molar-refractivity contribution in [3.8, 4) is 10.0 Å². The maximum absolute atomic E-state index is 13.0. The number of aromatic nitrogens is 4. The van der Waals surface area contributed by atoms with Gasteiger partial charge in [0, 0.05) is 84.9 Å². The van der Waals surface area contributed by atoms with Crippen molar-refractivity contribution in [2.45, 2.75) is 269 Å². The predicted octanol–water partition coefficient (Wildman–Crippen LogP) is 19.5. The number of carbonyl (C=O) groups is 3. The zero-order chi connectivity index (χ0) is 69.9. The maximum Gasteiger partial charge on any atom is 0.340 e. The van der Waals surface area contributed by atoms with Crippen LogP contribution in [0.2, 0.25) is 4.34 Å². The molecule has 0 aromatic carbocycles. The van der Waals surface area contributed by atoms with E-state index in [2.05, 4.69) is 102 Å². The first-order chi connectivity index (χ1) is 43.8. The summed E-state index contributed by atoms with van der Waals surface area (Å²) in [6.07, 6.45) is 26.3. The molecule has 0 saturated heterocycles. The number of hydrogen-bond donors (Lipinski definition) is 3. The van der Waals surface area contributed by atoms with Crippen molar-refractivity contribution in [3.05, 3.63) is 107 Å². The molecular formula is C75H113ClN6O9S3. The van der Waals surface area contributed by atoms with Crippen molar-refractivity contribution in [2.24, 2.45) is 16.2 Å². The molecule has 3 unspecified atom stereocenters. The van der Waals surface area contributed by atoms with Crippen LogP contribution < -0.4 is 10.6 Å². The maximum atomic E-state index is 13.0. The molecule has 0 radical (unpaired) electrons. The summed E-state index contributed by atoms with van der Waals surface area (Å²) in [5.74, 6) is -1.64. The van der Waals surface area contributed by atoms with E-state index in [1.807, 2.05) is 124 Å². The number of hydrogen-bond acceptors (Lipinski definition) is 15. The number of allylic oxidation sites excluding steroid dienone is 6. The van der Waals surface area contributed by atoms with Gasteiger partial charge in [-0.1, -0.05) is 84.2 Å². The highest BCUT2D eigenvalue weighted by atomic mass is 35.5. The van der Waals surface area contributed by atoms with E-state index < -0.39 is 41.1 Å². The molecule has 522 valence electrons. The lowest BCUT2D eigenvalue weighted by molar-refractivity contribution is -0.167. The number of aliphatic carboxylic acids is 1. The molecule has 4 aliphatic rings. The van der Waals surface area contributed by atoms with Crippen molar-refractivity contribution in [1.29, 1.82) is 0 Å². The normalized spacial score (nSPS) is 19.7. The van der Waals surface area contributed by atoms with Gasteiger partial charge in [0.05, 0.1) is 30.0 Å². The lowest BCUT2D eigenvalue weighted by atomic mass is 9.76. The van der Waals surface area contributed by atoms with Gasteiger partial charge >= 0.3 is 17.9 Å². The number of halogens is 1. The first kappa shape index (κ1) is 78.2. The van der Waals surface area contributed by atoms with Crippen LogP contribution in [0.25, 0.3) is 26.7 Å². The number of nitrogens with zero attached hydrogens (tertiary/aromatic N) is 4. The molecular weight excluding hydrogens is 1260 g/mol. The summed E-state index contributed by atoms with van der Waals surface area (Å²) in [7, 11) is 4.11. The Hall–Kier alpha value is -4.76. The van der Waals surface area contributed by atoms with E-state index in [0.29, 0.717) is 36.1 Å². The molecule has 5 atom stereocenters. The van der Waals surface area contributed by atoms with Crippen molar-refractivity contribution in [2.75, 3.05) is 27.3 Å². The highest BCUT2D eigenvalue weighted by Crippen LogP contribution is 2.51. The average Bonchev–Trinajstić information content (AvgIpc) is 1.61. The molecule has 0 aliphatic heterocycles. The molecule has 94 heavy (non-hydrogen) atoms. The van der Waals surface area contributed by atoms with Gasteiger partial charge in [-0.25, -0.2) is 23.7 Å². The zero-order valence-corrected chi connectivity index (χ0v) is 64.0. The van der Waals surface area contributed by atoms with Crippen molar-refractivity contribution in [3.63, 3.8) is 0 Å². The molecule has 1 fully saturated rings. The summed E-state index contributed by atoms with van der Waals surface area (Å²) in [4.78, 5) is 41.0. The van der Waals surface area contributed by atoms with Crippen LogP contribution >= 0.6 is 45.6 Å². The lowest BCUT2D eigenvalue weighted by Crippen LogP contribution is -2.47. The van der Waals surface area contributed by atoms with Gasteiger partial charge in [-0.2, -0.15) is 10.2 Å². The molecule has 5 aromatic heterocycles. The molecule has 15 nitrogen and oxygen atoms in total. The molecule has 5 heterocycles. The molecule has 1 saturated carbocycles. The second-order valence-electron chi connectivity index (χ2n) is 30.7. The number of esters is 2. The van der Waals surface area contributed by atoms with Crippen LogP contribution in [0.5, 0.6) is 0 Å². The number of aryl methyl sites for hydroxylation is 3. The zero-order valence-electron chi connectivity index (χ0n) is 60.8. The van der Waals surface area contributed by atoms with Crippen LogP contribution in [0.15, 0.2) is 55.1 Å². The number of ether oxygens (including phenoxy) is 5. The summed E-state index contributed by atoms with van der Waals surface area (Å²) in [5, 5.41) is 27.6. The van der Waals surface area contributed by atoms with E-state index in [0.717, 1.165) is 120 Å². The van der Waals surface area contributed by atoms with Crippen LogP contribution in [0.4, 0.5) is 0 Å². The Morgan fingerprint density at radius 2 is 0.904 bits per heavy atom. The summed E-state index contributed by atoms with van der Waals surface area (Å²) >= 11 is 11.4. The third-order valence-electron chi connectivity index (χ3n) is 17.6. The monoisotopic (exact) mass is 1370 g/mol. The van der Waals surface area contributed by atoms with E-state index in [4.69, 9.17) is 35.3 Å². The second-order valence-corrected chi connectivity index (χ2v) is 34.9. The van der Waals surface area contributed by atoms with Gasteiger partial charge < -0.3 is 39.4 Å². The van der Waals surface area contributed by atoms with E-state index in [1.54, 1.807) is 35.1 Å². The number of likely N-dealkylation sites (N-methyl/N-ethyl adjacent to an activating group) is 2. The fraction of sp³-hybridized carbons (Fsp3) is 0.640. The highest BCUT2D eigenvalue weighted by molar-refractivity contribution is 7.16. The summed E-state index contributed by atoms with van der Waals surface area (Å²) < 4.78 is 33.7. The van der Waals surface area contributed by atoms with E-state index in [1.165, 1.54) is 53.7 Å².